The van der Waals surface area contributed by atoms with Gasteiger partial charge < -0.3 is 29.0 Å². The number of nitrogens with zero attached hydrogens (tertiary/aromatic N) is 6. The predicted octanol–water partition coefficient (Wildman–Crippen LogP) is 22.2. The summed E-state index contributed by atoms with van der Waals surface area (Å²) < 4.78 is 0. The predicted molar refractivity (Wildman–Crippen MR) is 459 cm³/mol. The van der Waals surface area contributed by atoms with Crippen molar-refractivity contribution in [2.75, 3.05) is 0 Å². The van der Waals surface area contributed by atoms with Gasteiger partial charge in [0, 0.05) is 36.1 Å². The van der Waals surface area contributed by atoms with E-state index < -0.39 is 0 Å². The summed E-state index contributed by atoms with van der Waals surface area (Å²) in [6.45, 7) is 12.6. The molecule has 0 aromatic carbocycles. The summed E-state index contributed by atoms with van der Waals surface area (Å²) >= 11 is 0. The summed E-state index contributed by atoms with van der Waals surface area (Å²) in [5.74, 6) is 17.3. The molecule has 30 bridgehead atoms. The van der Waals surface area contributed by atoms with Crippen LogP contribution in [0.4, 0.5) is 0 Å². The molecule has 0 spiro atoms. The quantitative estimate of drug-likeness (QED) is 0.0841. The Kier molecular flexibility index (Phi) is 23.4. The number of rotatable bonds is 15. The SMILES string of the molecule is C/C=N/OC(=O)C12CC3CC(CC(C3)C1)C2.CC/C=N/OC(=O)C12CC3CC(CC(C3)C1)C2.CC12CCC(C/C1=N/OC(=O)C13CC4CC(CC(C4)C1)C3)C2(C)C.CCC(=O)/C=N/OC(=O)C12CC3CC(CC(C3)C1)C2.O=C(ON=C1C2CC3CC(C2)CC1C3)C12CC3CC(CC(C3)C1)C2.O=C(ON=C1CCCCC1)C12CC3CC(CC(C3)C1)C2. The monoisotopic (exact) mass is 1650 g/mol. The van der Waals surface area contributed by atoms with Crippen LogP contribution in [0.3, 0.4) is 0 Å². The lowest BCUT2D eigenvalue weighted by atomic mass is 9.49. The van der Waals surface area contributed by atoms with Gasteiger partial charge in [0.1, 0.15) is 6.21 Å². The standard InChI is InChI=1S/C21H29NO2.C21H31NO2.C17H25NO2.C15H21NO3.C14H21NO2.C13H19NO2/c23-20(21-9-14-2-15(10-21)4-16(3-14)11-21)24-22-19-17-5-12-1-13(7-17)8-18(19)6-12;1-19(2)16-4-5-20(19,3)17(9-16)22-24-18(23)21-10-13-6-14(11-21)8-15(7-13)12-21;19-16(20-18-15-4-2-1-3-5-15)17-9-12-6-13(10-17)8-14(7-12)11-17;1-2-13(17)9-16-19-14(18)15-6-10-3-11(7-15)5-12(4-10)8-15;1-2-3-15-17-13(16)14-7-10-4-11(8-14)6-12(5-10)9-14;1-2-14-16-12(15)13-6-9-3-10(7-13)5-11(4-9)8-13/h12-18H,1-11H2;13-16H,4-12H2,1-3H3;12-14H,1-11H2;9-12H,2-8H2,1H3;3,10-12H,2,4-9H2,1H3;2,9-11H,3-8H2,1H3/b;22-17-;;16-9+;15-3+;14-2+. The van der Waals surface area contributed by atoms with Crippen molar-refractivity contribution in [3.8, 4) is 0 Å². The molecule has 0 aliphatic heterocycles. The first-order chi connectivity index (χ1) is 57.8. The third kappa shape index (κ3) is 16.5. The normalized spacial score (nSPS) is 46.7. The molecule has 658 valence electrons. The van der Waals surface area contributed by atoms with Crippen LogP contribution in [0.2, 0.25) is 0 Å². The zero-order valence-electron chi connectivity index (χ0n) is 74.1. The summed E-state index contributed by atoms with van der Waals surface area (Å²) in [5.41, 5.74) is 2.81. The van der Waals surface area contributed by atoms with Gasteiger partial charge in [-0.2, -0.15) is 0 Å². The van der Waals surface area contributed by atoms with Crippen molar-refractivity contribution in [2.24, 2.45) is 210 Å². The van der Waals surface area contributed by atoms with Gasteiger partial charge in [0.05, 0.1) is 49.6 Å². The molecule has 120 heavy (non-hydrogen) atoms. The summed E-state index contributed by atoms with van der Waals surface area (Å²) in [6.07, 6.45) is 64.6. The Morgan fingerprint density at radius 3 is 0.908 bits per heavy atom. The topological polar surface area (TPSA) is 249 Å². The molecule has 31 rings (SSSR count). The van der Waals surface area contributed by atoms with E-state index in [1.165, 1.54) is 185 Å². The van der Waals surface area contributed by atoms with E-state index in [0.29, 0.717) is 47.3 Å². The number of oxime groups is 6. The molecule has 0 heterocycles. The van der Waals surface area contributed by atoms with Gasteiger partial charge in [-0.3, -0.25) is 4.79 Å². The largest absolute Gasteiger partial charge is 0.341 e. The molecule has 0 aromatic heterocycles. The van der Waals surface area contributed by atoms with Gasteiger partial charge in [-0.25, -0.2) is 28.8 Å². The molecule has 31 aliphatic rings. The average molecular weight is 1650 g/mol. The molecule has 0 N–H and O–H groups in total. The van der Waals surface area contributed by atoms with Crippen LogP contribution in [0.1, 0.15) is 369 Å². The van der Waals surface area contributed by atoms with E-state index in [1.54, 1.807) is 26.3 Å². The molecule has 19 heteroatoms. The van der Waals surface area contributed by atoms with Gasteiger partial charge in [0.15, 0.2) is 5.78 Å². The van der Waals surface area contributed by atoms with Gasteiger partial charge in [-0.15, -0.1) is 0 Å². The number of Topliss-reactive ketones (excluding diaryl/α,β-unsaturated/α-hetero) is 1. The van der Waals surface area contributed by atoms with Crippen LogP contribution >= 0.6 is 0 Å². The molecule has 2 unspecified atom stereocenters. The van der Waals surface area contributed by atoms with Crippen molar-refractivity contribution in [3.63, 3.8) is 0 Å². The lowest BCUT2D eigenvalue weighted by Gasteiger charge is -2.54. The van der Waals surface area contributed by atoms with Crippen LogP contribution in [0, 0.1) is 179 Å². The van der Waals surface area contributed by atoms with Crippen molar-refractivity contribution in [3.05, 3.63) is 0 Å². The second-order valence-corrected chi connectivity index (χ2v) is 47.6. The fourth-order valence-corrected chi connectivity index (χ4v) is 35.5. The number of fused-ring (bicyclic) bond motifs is 2. The van der Waals surface area contributed by atoms with Crippen LogP contribution in [-0.2, 0) is 62.6 Å². The Balaban J connectivity index is 0.0000000959. The molecular formula is C101H146N6O13. The first-order valence-corrected chi connectivity index (χ1v) is 49.8. The molecule has 31 fully saturated rings. The second kappa shape index (κ2) is 33.4. The van der Waals surface area contributed by atoms with Crippen molar-refractivity contribution >= 4 is 77.4 Å². The average Bonchev–Trinajstić information content (AvgIpc) is 1.51. The maximum atomic E-state index is 13.0. The van der Waals surface area contributed by atoms with Crippen LogP contribution in [0.25, 0.3) is 0 Å². The maximum Gasteiger partial charge on any atom is 0.341 e. The van der Waals surface area contributed by atoms with E-state index in [9.17, 15) is 33.6 Å². The van der Waals surface area contributed by atoms with Crippen LogP contribution in [0.5, 0.6) is 0 Å². The van der Waals surface area contributed by atoms with E-state index in [4.69, 9.17) is 29.0 Å². The zero-order chi connectivity index (χ0) is 82.7. The van der Waals surface area contributed by atoms with Gasteiger partial charge in [0.2, 0.25) is 0 Å². The fourth-order valence-electron chi connectivity index (χ4n) is 35.5. The lowest BCUT2D eigenvalue weighted by molar-refractivity contribution is -0.172. The molecule has 31 aliphatic carbocycles. The van der Waals surface area contributed by atoms with Crippen molar-refractivity contribution in [1.29, 1.82) is 0 Å². The van der Waals surface area contributed by atoms with Gasteiger partial charge >= 0.3 is 35.8 Å². The van der Waals surface area contributed by atoms with E-state index in [0.717, 1.165) is 260 Å². The van der Waals surface area contributed by atoms with Crippen molar-refractivity contribution in [1.82, 2.24) is 0 Å². The van der Waals surface area contributed by atoms with E-state index in [-0.39, 0.29) is 79.5 Å². The molecule has 0 saturated heterocycles. The van der Waals surface area contributed by atoms with E-state index in [1.807, 2.05) is 6.92 Å². The summed E-state index contributed by atoms with van der Waals surface area (Å²) in [4.78, 5) is 118. The van der Waals surface area contributed by atoms with Gasteiger partial charge in [-0.1, -0.05) is 72.0 Å². The molecule has 0 aromatic rings. The third-order valence-electron chi connectivity index (χ3n) is 38.8. The molecule has 0 amide bonds. The summed E-state index contributed by atoms with van der Waals surface area (Å²) in [7, 11) is 0. The number of ketones is 1. The highest BCUT2D eigenvalue weighted by Crippen LogP contribution is 2.69. The first kappa shape index (κ1) is 84.0. The second-order valence-electron chi connectivity index (χ2n) is 47.6. The minimum absolute atomic E-state index is 0.00159. The minimum atomic E-state index is -0.290. The fraction of sp³-hybridized carbons (Fsp3) is 0.871. The lowest BCUT2D eigenvalue weighted by Crippen LogP contribution is -2.50. The maximum absolute atomic E-state index is 13.0. The summed E-state index contributed by atoms with van der Waals surface area (Å²) in [6, 6.07) is 0. The van der Waals surface area contributed by atoms with Gasteiger partial charge in [-0.05, 0) is 451 Å². The highest BCUT2D eigenvalue weighted by Gasteiger charge is 2.64. The Bertz CT molecular complexity index is 3830. The molecule has 2 atom stereocenters. The minimum Gasteiger partial charge on any atom is -0.318 e. The number of carbonyl (C=O) groups excluding carboxylic acids is 7. The Morgan fingerprint density at radius 1 is 0.342 bits per heavy atom. The van der Waals surface area contributed by atoms with Crippen molar-refractivity contribution < 1.29 is 62.6 Å². The molecule has 31 saturated carbocycles. The Labute approximate surface area is 715 Å². The van der Waals surface area contributed by atoms with E-state index in [2.05, 4.69) is 51.7 Å². The Hall–Kier alpha value is -5.49. The third-order valence-corrected chi connectivity index (χ3v) is 38.8. The molecule has 19 nitrogen and oxygen atoms in total. The Morgan fingerprint density at radius 2 is 0.625 bits per heavy atom. The van der Waals surface area contributed by atoms with Crippen molar-refractivity contribution in [2.45, 2.75) is 369 Å². The zero-order valence-corrected chi connectivity index (χ0v) is 74.1. The van der Waals surface area contributed by atoms with Crippen LogP contribution in [0.15, 0.2) is 30.9 Å². The number of carbonyl (C=O) groups is 7. The van der Waals surface area contributed by atoms with Crippen LogP contribution < -0.4 is 0 Å². The smallest absolute Gasteiger partial charge is 0.318 e. The molecular weight excluding hydrogens is 1510 g/mol. The first-order valence-electron chi connectivity index (χ1n) is 49.8. The highest BCUT2D eigenvalue weighted by molar-refractivity contribution is 6.27. The van der Waals surface area contributed by atoms with Crippen LogP contribution in [-0.4, -0.2) is 77.4 Å². The van der Waals surface area contributed by atoms with E-state index >= 15 is 0 Å². The highest BCUT2D eigenvalue weighted by atomic mass is 16.7. The number of hydrogen-bond donors (Lipinski definition) is 0. The summed E-state index contributed by atoms with van der Waals surface area (Å²) in [5, 5.41) is 24.3. The van der Waals surface area contributed by atoms with Gasteiger partial charge in [0.25, 0.3) is 0 Å². The molecule has 0 radical (unpaired) electrons. The number of hydrogen-bond acceptors (Lipinski definition) is 19.